The van der Waals surface area contributed by atoms with Crippen LogP contribution in [-0.4, -0.2) is 28.0 Å². The van der Waals surface area contributed by atoms with E-state index in [1.165, 1.54) is 6.21 Å². The van der Waals surface area contributed by atoms with E-state index in [0.717, 1.165) is 17.0 Å². The summed E-state index contributed by atoms with van der Waals surface area (Å²) < 4.78 is 5.26. The summed E-state index contributed by atoms with van der Waals surface area (Å²) in [5.74, 6) is 5.38. The van der Waals surface area contributed by atoms with Crippen LogP contribution in [0.4, 0.5) is 5.69 Å². The van der Waals surface area contributed by atoms with Crippen molar-refractivity contribution in [2.45, 2.75) is 20.4 Å². The first-order valence-corrected chi connectivity index (χ1v) is 8.62. The highest BCUT2D eigenvalue weighted by atomic mass is 16.5. The smallest absolute Gasteiger partial charge is 0.273 e. The van der Waals surface area contributed by atoms with E-state index in [0.29, 0.717) is 17.1 Å². The molecular formula is C20H20N6O2. The molecule has 0 saturated carbocycles. The third-order valence-corrected chi connectivity index (χ3v) is 3.95. The molecule has 0 radical (unpaired) electrons. The normalized spacial score (nSPS) is 11.7. The van der Waals surface area contributed by atoms with E-state index < -0.39 is 5.91 Å². The molecule has 0 fully saturated rings. The van der Waals surface area contributed by atoms with Gasteiger partial charge in [-0.05, 0) is 26.0 Å². The van der Waals surface area contributed by atoms with Crippen LogP contribution in [-0.2, 0) is 11.3 Å². The molecule has 0 aliphatic rings. The number of nitrogens with zero attached hydrogens (tertiary/aromatic N) is 4. The fourth-order valence-electron chi connectivity index (χ4n) is 2.50. The number of amides is 1. The maximum absolute atomic E-state index is 12.3. The zero-order chi connectivity index (χ0) is 19.9. The van der Waals surface area contributed by atoms with Gasteiger partial charge in [0, 0.05) is 17.3 Å². The molecule has 3 aromatic rings. The Balaban J connectivity index is 1.62. The number of aromatic nitrogens is 2. The molecule has 142 valence electrons. The summed E-state index contributed by atoms with van der Waals surface area (Å²) in [5, 5.41) is 10.2. The van der Waals surface area contributed by atoms with Crippen LogP contribution in [0.1, 0.15) is 17.1 Å². The quantitative estimate of drug-likeness (QED) is 0.389. The monoisotopic (exact) mass is 376 g/mol. The molecule has 3 N–H and O–H groups in total. The van der Waals surface area contributed by atoms with Crippen molar-refractivity contribution in [2.24, 2.45) is 15.9 Å². The van der Waals surface area contributed by atoms with Gasteiger partial charge in [-0.25, -0.2) is 0 Å². The second-order valence-corrected chi connectivity index (χ2v) is 6.06. The summed E-state index contributed by atoms with van der Waals surface area (Å²) in [6, 6.07) is 15.0. The number of hydrogen-bond acceptors (Lipinski definition) is 7. The second-order valence-electron chi connectivity index (χ2n) is 6.06. The summed E-state index contributed by atoms with van der Waals surface area (Å²) in [7, 11) is 0. The first-order valence-electron chi connectivity index (χ1n) is 8.62. The summed E-state index contributed by atoms with van der Waals surface area (Å²) in [6.45, 7) is 3.89. The number of benzene rings is 1. The van der Waals surface area contributed by atoms with E-state index in [4.69, 9.17) is 10.4 Å². The Bertz CT molecular complexity index is 1020. The number of hydrogen-bond donors (Lipinski definition) is 2. The largest absolute Gasteiger partial charge is 0.359 e. The van der Waals surface area contributed by atoms with Crippen molar-refractivity contribution in [3.8, 4) is 11.3 Å². The Kier molecular flexibility index (Phi) is 5.91. The van der Waals surface area contributed by atoms with Gasteiger partial charge in [0.2, 0.25) is 0 Å². The molecule has 0 unspecified atom stereocenters. The number of carbonyl (C=O) groups is 1. The predicted molar refractivity (Wildman–Crippen MR) is 107 cm³/mol. The summed E-state index contributed by atoms with van der Waals surface area (Å²) in [6.07, 6.45) is 1.31. The van der Waals surface area contributed by atoms with Crippen molar-refractivity contribution in [3.05, 3.63) is 65.7 Å². The molecule has 1 amide bonds. The Labute approximate surface area is 162 Å². The third kappa shape index (κ3) is 4.67. The fourth-order valence-corrected chi connectivity index (χ4v) is 2.50. The van der Waals surface area contributed by atoms with Crippen molar-refractivity contribution in [2.75, 3.05) is 0 Å². The molecule has 2 aromatic heterocycles. The van der Waals surface area contributed by atoms with E-state index in [2.05, 4.69) is 25.6 Å². The van der Waals surface area contributed by atoms with Gasteiger partial charge >= 0.3 is 0 Å². The molecular weight excluding hydrogens is 356 g/mol. The lowest BCUT2D eigenvalue weighted by Gasteiger charge is -2.03. The first kappa shape index (κ1) is 19.0. The average molecular weight is 376 g/mol. The highest BCUT2D eigenvalue weighted by Crippen LogP contribution is 2.18. The second kappa shape index (κ2) is 8.72. The number of nitrogens with one attached hydrogen (secondary N) is 1. The van der Waals surface area contributed by atoms with Gasteiger partial charge in [0.15, 0.2) is 11.5 Å². The molecule has 0 bridgehead atoms. The SMILES string of the molecule is Cc1ccc(N=C/C(=N\N)C(=O)NCc2cc(-c3ccccc3)no2)c(C)n1. The van der Waals surface area contributed by atoms with Crippen molar-refractivity contribution in [1.82, 2.24) is 15.5 Å². The minimum absolute atomic E-state index is 0.0113. The van der Waals surface area contributed by atoms with Crippen molar-refractivity contribution in [3.63, 3.8) is 0 Å². The first-order chi connectivity index (χ1) is 13.6. The van der Waals surface area contributed by atoms with Gasteiger partial charge in [-0.2, -0.15) is 5.10 Å². The lowest BCUT2D eigenvalue weighted by atomic mass is 10.1. The summed E-state index contributed by atoms with van der Waals surface area (Å²) in [4.78, 5) is 20.9. The van der Waals surface area contributed by atoms with E-state index >= 15 is 0 Å². The van der Waals surface area contributed by atoms with E-state index in [1.807, 2.05) is 56.3 Å². The average Bonchev–Trinajstić information content (AvgIpc) is 3.18. The molecule has 0 aliphatic heterocycles. The fraction of sp³-hybridized carbons (Fsp3) is 0.150. The maximum Gasteiger partial charge on any atom is 0.273 e. The minimum Gasteiger partial charge on any atom is -0.359 e. The van der Waals surface area contributed by atoms with Gasteiger partial charge in [-0.1, -0.05) is 35.5 Å². The van der Waals surface area contributed by atoms with E-state index in [-0.39, 0.29) is 12.3 Å². The predicted octanol–water partition coefficient (Wildman–Crippen LogP) is 2.69. The van der Waals surface area contributed by atoms with Gasteiger partial charge < -0.3 is 15.7 Å². The molecule has 0 atom stereocenters. The lowest BCUT2D eigenvalue weighted by molar-refractivity contribution is -0.114. The number of aryl methyl sites for hydroxylation is 2. The van der Waals surface area contributed by atoms with Crippen LogP contribution in [0.2, 0.25) is 0 Å². The molecule has 0 aliphatic carbocycles. The zero-order valence-corrected chi connectivity index (χ0v) is 15.6. The topological polar surface area (TPSA) is 119 Å². The molecule has 28 heavy (non-hydrogen) atoms. The number of rotatable bonds is 6. The van der Waals surface area contributed by atoms with Crippen LogP contribution >= 0.6 is 0 Å². The van der Waals surface area contributed by atoms with Crippen LogP contribution in [0.3, 0.4) is 0 Å². The Hall–Kier alpha value is -3.81. The van der Waals surface area contributed by atoms with Gasteiger partial charge in [0.1, 0.15) is 5.69 Å². The zero-order valence-electron chi connectivity index (χ0n) is 15.6. The van der Waals surface area contributed by atoms with Gasteiger partial charge in [-0.3, -0.25) is 14.8 Å². The summed E-state index contributed by atoms with van der Waals surface area (Å²) >= 11 is 0. The number of pyridine rings is 1. The summed E-state index contributed by atoms with van der Waals surface area (Å²) in [5.41, 5.74) is 3.90. The van der Waals surface area contributed by atoms with Crippen molar-refractivity contribution >= 4 is 23.5 Å². The van der Waals surface area contributed by atoms with Crippen LogP contribution in [0.5, 0.6) is 0 Å². The molecule has 2 heterocycles. The lowest BCUT2D eigenvalue weighted by Crippen LogP contribution is -2.32. The Morgan fingerprint density at radius 3 is 2.71 bits per heavy atom. The molecule has 1 aromatic carbocycles. The molecule has 8 nitrogen and oxygen atoms in total. The Morgan fingerprint density at radius 2 is 2.00 bits per heavy atom. The van der Waals surface area contributed by atoms with E-state index in [1.54, 1.807) is 6.07 Å². The van der Waals surface area contributed by atoms with Crippen LogP contribution in [0.15, 0.2) is 63.1 Å². The standard InChI is InChI=1S/C20H20N6O2/c1-13-8-9-17(14(2)24-13)22-12-19(25-21)20(27)23-11-16-10-18(26-28-16)15-6-4-3-5-7-15/h3-10,12H,11,21H2,1-2H3,(H,23,27)/b22-12?,25-19+. The van der Waals surface area contributed by atoms with E-state index in [9.17, 15) is 4.79 Å². The van der Waals surface area contributed by atoms with Crippen LogP contribution in [0.25, 0.3) is 11.3 Å². The molecule has 3 rings (SSSR count). The van der Waals surface area contributed by atoms with Gasteiger partial charge in [0.05, 0.1) is 24.1 Å². The number of carbonyl (C=O) groups excluding carboxylic acids is 1. The number of hydrazone groups is 1. The highest BCUT2D eigenvalue weighted by molar-refractivity contribution is 6.60. The minimum atomic E-state index is -0.471. The molecule has 8 heteroatoms. The van der Waals surface area contributed by atoms with Crippen LogP contribution in [0, 0.1) is 13.8 Å². The third-order valence-electron chi connectivity index (χ3n) is 3.95. The van der Waals surface area contributed by atoms with Gasteiger partial charge in [-0.15, -0.1) is 0 Å². The van der Waals surface area contributed by atoms with Crippen molar-refractivity contribution in [1.29, 1.82) is 0 Å². The molecule has 0 saturated heterocycles. The number of nitrogens with two attached hydrogens (primary N) is 1. The highest BCUT2D eigenvalue weighted by Gasteiger charge is 2.12. The van der Waals surface area contributed by atoms with Crippen molar-refractivity contribution < 1.29 is 9.32 Å². The number of aliphatic imine (C=N–C) groups is 1. The Morgan fingerprint density at radius 1 is 1.21 bits per heavy atom. The molecule has 0 spiro atoms. The van der Waals surface area contributed by atoms with Crippen LogP contribution < -0.4 is 11.2 Å². The maximum atomic E-state index is 12.3. The van der Waals surface area contributed by atoms with Gasteiger partial charge in [0.25, 0.3) is 5.91 Å².